The molecule has 0 atom stereocenters. The molecular weight excluding hydrogens is 304 g/mol. The molecule has 0 aromatic heterocycles. The number of hydrogen-bond acceptors (Lipinski definition) is 2. The van der Waals surface area contributed by atoms with Gasteiger partial charge in [0.25, 0.3) is 0 Å². The van der Waals surface area contributed by atoms with Crippen molar-refractivity contribution >= 4 is 20.2 Å². The molecule has 0 aromatic rings. The fourth-order valence-electron chi connectivity index (χ4n) is 3.04. The van der Waals surface area contributed by atoms with Gasteiger partial charge < -0.3 is 0 Å². The predicted octanol–water partition coefficient (Wildman–Crippen LogP) is 4.71. The summed E-state index contributed by atoms with van der Waals surface area (Å²) >= 11 is 0. The topological polar surface area (TPSA) is 34.1 Å². The third-order valence-corrected chi connectivity index (χ3v) is 5.19. The summed E-state index contributed by atoms with van der Waals surface area (Å²) in [6.45, 7) is 12.4. The fourth-order valence-corrected chi connectivity index (χ4v) is 4.00. The first kappa shape index (κ1) is 22.2. The Morgan fingerprint density at radius 3 is 1.57 bits per heavy atom. The highest BCUT2D eigenvalue weighted by molar-refractivity contribution is 8.02. The van der Waals surface area contributed by atoms with E-state index in [2.05, 4.69) is 32.6 Å². The van der Waals surface area contributed by atoms with Crippen molar-refractivity contribution in [3.63, 3.8) is 0 Å². The summed E-state index contributed by atoms with van der Waals surface area (Å²) in [7, 11) is -2.38. The van der Waals surface area contributed by atoms with Gasteiger partial charge in [0.15, 0.2) is 5.78 Å². The summed E-state index contributed by atoms with van der Waals surface area (Å²) in [6, 6.07) is 0. The third kappa shape index (κ3) is 7.12. The quantitative estimate of drug-likeness (QED) is 0.474. The highest BCUT2D eigenvalue weighted by atomic mass is 32.2. The molecule has 0 aliphatic heterocycles. The molecule has 0 spiro atoms. The van der Waals surface area contributed by atoms with Crippen LogP contribution in [0.4, 0.5) is 0 Å². The van der Waals surface area contributed by atoms with E-state index in [4.69, 9.17) is 0 Å². The van der Waals surface area contributed by atoms with Gasteiger partial charge in [0.1, 0.15) is 4.86 Å². The van der Waals surface area contributed by atoms with E-state index in [1.165, 1.54) is 0 Å². The van der Waals surface area contributed by atoms with Crippen molar-refractivity contribution in [3.05, 3.63) is 0 Å². The average Bonchev–Trinajstić information content (AvgIpc) is 2.36. The zero-order chi connectivity index (χ0) is 18.3. The number of Topliss-reactive ketones (excluding diaryl/α,β-unsaturated/α-hetero) is 1. The SMILES string of the molecule is CCCC(CCC)(CCC)C(=O)C(C#CC(C)(C)C)=S(C)(C)=O. The van der Waals surface area contributed by atoms with E-state index < -0.39 is 14.9 Å². The van der Waals surface area contributed by atoms with Gasteiger partial charge in [-0.1, -0.05) is 51.9 Å². The Kier molecular flexibility index (Phi) is 8.63. The Morgan fingerprint density at radius 1 is 0.913 bits per heavy atom. The van der Waals surface area contributed by atoms with Crippen molar-refractivity contribution in [1.29, 1.82) is 0 Å². The standard InChI is InChI=1S/C20H36O2S/c1-9-13-20(14-10-2,15-11-3)18(21)17(23(7,8)22)12-16-19(4,5)6/h9-11,13-15H2,1-8H3. The zero-order valence-corrected chi connectivity index (χ0v) is 17.3. The molecule has 2 nitrogen and oxygen atoms in total. The molecule has 0 saturated carbocycles. The van der Waals surface area contributed by atoms with Crippen LogP contribution in [-0.4, -0.2) is 27.4 Å². The summed E-state index contributed by atoms with van der Waals surface area (Å²) in [5.74, 6) is 6.18. The average molecular weight is 341 g/mol. The van der Waals surface area contributed by atoms with Crippen molar-refractivity contribution in [2.24, 2.45) is 10.8 Å². The lowest BCUT2D eigenvalue weighted by molar-refractivity contribution is -0.123. The van der Waals surface area contributed by atoms with Gasteiger partial charge in [-0.25, -0.2) is 0 Å². The van der Waals surface area contributed by atoms with Gasteiger partial charge in [0.2, 0.25) is 0 Å². The van der Waals surface area contributed by atoms with Gasteiger partial charge in [-0.05, 0) is 49.6 Å². The second kappa shape index (κ2) is 8.92. The zero-order valence-electron chi connectivity index (χ0n) is 16.5. The highest BCUT2D eigenvalue weighted by Gasteiger charge is 2.38. The molecule has 3 heteroatoms. The second-order valence-corrected chi connectivity index (χ2v) is 10.8. The number of hydrogen-bond donors (Lipinski definition) is 0. The van der Waals surface area contributed by atoms with Crippen LogP contribution >= 0.6 is 0 Å². The number of ketones is 1. The van der Waals surface area contributed by atoms with Crippen molar-refractivity contribution in [2.45, 2.75) is 80.1 Å². The molecular formula is C20H36O2S. The molecule has 0 amide bonds. The molecule has 0 fully saturated rings. The monoisotopic (exact) mass is 340 g/mol. The van der Waals surface area contributed by atoms with Crippen LogP contribution in [0.25, 0.3) is 0 Å². The molecule has 0 saturated heterocycles. The fraction of sp³-hybridized carbons (Fsp3) is 0.800. The smallest absolute Gasteiger partial charge is 0.185 e. The van der Waals surface area contributed by atoms with Gasteiger partial charge in [-0.3, -0.25) is 9.00 Å². The highest BCUT2D eigenvalue weighted by Crippen LogP contribution is 2.37. The maximum Gasteiger partial charge on any atom is 0.185 e. The van der Waals surface area contributed by atoms with E-state index in [0.717, 1.165) is 38.5 Å². The Morgan fingerprint density at radius 2 is 1.30 bits per heavy atom. The molecule has 0 radical (unpaired) electrons. The van der Waals surface area contributed by atoms with Crippen LogP contribution in [0.1, 0.15) is 80.1 Å². The van der Waals surface area contributed by atoms with Gasteiger partial charge in [0.05, 0.1) is 0 Å². The van der Waals surface area contributed by atoms with Crippen LogP contribution in [-0.2, 0) is 14.3 Å². The van der Waals surface area contributed by atoms with Crippen molar-refractivity contribution in [3.8, 4) is 11.8 Å². The van der Waals surface area contributed by atoms with E-state index in [0.29, 0.717) is 4.86 Å². The Labute approximate surface area is 144 Å². The molecule has 0 bridgehead atoms. The normalized spacial score (nSPS) is 12.5. The van der Waals surface area contributed by atoms with Crippen molar-refractivity contribution < 1.29 is 9.00 Å². The first-order valence-electron chi connectivity index (χ1n) is 8.82. The molecule has 0 aromatic carbocycles. The molecule has 0 aliphatic rings. The summed E-state index contributed by atoms with van der Waals surface area (Å²) in [5, 5.41) is 0. The van der Waals surface area contributed by atoms with Crippen LogP contribution in [0.3, 0.4) is 0 Å². The van der Waals surface area contributed by atoms with Crippen LogP contribution in [0.15, 0.2) is 0 Å². The van der Waals surface area contributed by atoms with Gasteiger partial charge in [-0.15, -0.1) is 0 Å². The Bertz CT molecular complexity index is 548. The van der Waals surface area contributed by atoms with E-state index in [9.17, 15) is 9.00 Å². The Balaban J connectivity index is 6.19. The Hall–Kier alpha value is -0.750. The predicted molar refractivity (Wildman–Crippen MR) is 104 cm³/mol. The van der Waals surface area contributed by atoms with Crippen LogP contribution < -0.4 is 0 Å². The molecule has 134 valence electrons. The molecule has 0 N–H and O–H groups in total. The number of carbonyl (C=O) groups is 1. The number of carbonyl (C=O) groups excluding carboxylic acids is 1. The lowest BCUT2D eigenvalue weighted by Gasteiger charge is -2.32. The van der Waals surface area contributed by atoms with Crippen molar-refractivity contribution in [2.75, 3.05) is 12.5 Å². The van der Waals surface area contributed by atoms with E-state index in [-0.39, 0.29) is 11.2 Å². The minimum atomic E-state index is -2.38. The molecule has 23 heavy (non-hydrogen) atoms. The summed E-state index contributed by atoms with van der Waals surface area (Å²) < 4.78 is 12.7. The van der Waals surface area contributed by atoms with Gasteiger partial charge in [-0.2, -0.15) is 0 Å². The lowest BCUT2D eigenvalue weighted by Crippen LogP contribution is -2.38. The van der Waals surface area contributed by atoms with Crippen LogP contribution in [0, 0.1) is 22.7 Å². The third-order valence-electron chi connectivity index (χ3n) is 3.92. The first-order chi connectivity index (χ1) is 10.4. The minimum absolute atomic E-state index is 0.0369. The second-order valence-electron chi connectivity index (χ2n) is 7.92. The maximum atomic E-state index is 13.4. The van der Waals surface area contributed by atoms with E-state index in [1.807, 2.05) is 20.8 Å². The first-order valence-corrected chi connectivity index (χ1v) is 11.2. The molecule has 0 unspecified atom stereocenters. The van der Waals surface area contributed by atoms with Crippen LogP contribution in [0.5, 0.6) is 0 Å². The molecule has 0 aliphatic carbocycles. The largest absolute Gasteiger partial charge is 0.292 e. The lowest BCUT2D eigenvalue weighted by atomic mass is 9.71. The van der Waals surface area contributed by atoms with Crippen molar-refractivity contribution in [1.82, 2.24) is 0 Å². The van der Waals surface area contributed by atoms with Crippen LogP contribution in [0.2, 0.25) is 0 Å². The number of rotatable bonds is 8. The molecule has 0 heterocycles. The van der Waals surface area contributed by atoms with Gasteiger partial charge in [0, 0.05) is 23.3 Å². The summed E-state index contributed by atoms with van der Waals surface area (Å²) in [6.07, 6.45) is 8.72. The summed E-state index contributed by atoms with van der Waals surface area (Å²) in [5.41, 5.74) is -0.603. The minimum Gasteiger partial charge on any atom is -0.292 e. The van der Waals surface area contributed by atoms with E-state index in [1.54, 1.807) is 12.5 Å². The maximum absolute atomic E-state index is 13.4. The molecule has 0 rings (SSSR count). The summed E-state index contributed by atoms with van der Waals surface area (Å²) in [4.78, 5) is 13.7. The van der Waals surface area contributed by atoms with E-state index >= 15 is 0 Å². The van der Waals surface area contributed by atoms with Gasteiger partial charge >= 0.3 is 0 Å².